The predicted molar refractivity (Wildman–Crippen MR) is 90.3 cm³/mol. The molecule has 1 heterocycles. The van der Waals surface area contributed by atoms with Gasteiger partial charge in [-0.15, -0.1) is 0 Å². The Bertz CT molecular complexity index is 414. The zero-order valence-corrected chi connectivity index (χ0v) is 13.7. The Morgan fingerprint density at radius 2 is 2.14 bits per heavy atom. The average molecular weight is 308 g/mol. The summed E-state index contributed by atoms with van der Waals surface area (Å²) >= 11 is 0. The highest BCUT2D eigenvalue weighted by Gasteiger charge is 2.20. The van der Waals surface area contributed by atoms with Gasteiger partial charge in [0.15, 0.2) is 5.82 Å². The zero-order chi connectivity index (χ0) is 16.4. The molecule has 0 bridgehead atoms. The lowest BCUT2D eigenvalue weighted by atomic mass is 10.3. The van der Waals surface area contributed by atoms with Crippen LogP contribution in [0.25, 0.3) is 0 Å². The van der Waals surface area contributed by atoms with Gasteiger partial charge in [0.25, 0.3) is 5.91 Å². The van der Waals surface area contributed by atoms with E-state index in [9.17, 15) is 4.79 Å². The van der Waals surface area contributed by atoms with E-state index in [2.05, 4.69) is 39.1 Å². The van der Waals surface area contributed by atoms with Gasteiger partial charge in [-0.05, 0) is 19.3 Å². The maximum absolute atomic E-state index is 12.6. The molecule has 1 aliphatic rings. The zero-order valence-electron chi connectivity index (χ0n) is 13.7. The number of rotatable bonds is 9. The molecule has 124 valence electrons. The van der Waals surface area contributed by atoms with Crippen molar-refractivity contribution in [3.8, 4) is 0 Å². The quantitative estimate of drug-likeness (QED) is 0.410. The van der Waals surface area contributed by atoms with Crippen molar-refractivity contribution in [2.45, 2.75) is 13.3 Å². The third kappa shape index (κ3) is 5.50. The van der Waals surface area contributed by atoms with E-state index in [1.165, 1.54) is 6.20 Å². The number of carbonyl (C=O) groups is 1. The van der Waals surface area contributed by atoms with Crippen LogP contribution in [0.5, 0.6) is 0 Å². The molecular weight excluding hydrogens is 280 g/mol. The highest BCUT2D eigenvalue weighted by molar-refractivity contribution is 5.93. The molecule has 7 nitrogen and oxygen atoms in total. The second-order valence-corrected chi connectivity index (χ2v) is 5.16. The van der Waals surface area contributed by atoms with Gasteiger partial charge >= 0.3 is 0 Å². The van der Waals surface area contributed by atoms with Crippen LogP contribution < -0.4 is 16.0 Å². The first-order chi connectivity index (χ1) is 10.6. The van der Waals surface area contributed by atoms with Crippen molar-refractivity contribution >= 4 is 12.6 Å². The molecule has 1 fully saturated rings. The Hall–Kier alpha value is -1.86. The molecular formula is C15H28N6O. The van der Waals surface area contributed by atoms with Gasteiger partial charge in [-0.2, -0.15) is 0 Å². The summed E-state index contributed by atoms with van der Waals surface area (Å²) in [7, 11) is 1.78. The van der Waals surface area contributed by atoms with Gasteiger partial charge in [-0.3, -0.25) is 9.69 Å². The average Bonchev–Trinajstić information content (AvgIpc) is 2.54. The molecule has 0 aromatic carbocycles. The molecule has 3 N–H and O–H groups in total. The van der Waals surface area contributed by atoms with Crippen LogP contribution in [-0.2, 0) is 4.79 Å². The molecule has 0 spiro atoms. The molecule has 0 unspecified atom stereocenters. The van der Waals surface area contributed by atoms with Crippen molar-refractivity contribution in [1.82, 2.24) is 25.8 Å². The van der Waals surface area contributed by atoms with Crippen LogP contribution >= 0.6 is 0 Å². The van der Waals surface area contributed by atoms with Crippen molar-refractivity contribution in [3.63, 3.8) is 0 Å². The smallest absolute Gasteiger partial charge is 0.273 e. The minimum absolute atomic E-state index is 0.103. The van der Waals surface area contributed by atoms with E-state index >= 15 is 0 Å². The van der Waals surface area contributed by atoms with E-state index in [1.807, 2.05) is 6.92 Å². The van der Waals surface area contributed by atoms with Gasteiger partial charge < -0.3 is 20.9 Å². The van der Waals surface area contributed by atoms with Gasteiger partial charge in [-0.25, -0.2) is 4.99 Å². The van der Waals surface area contributed by atoms with E-state index in [0.717, 1.165) is 32.6 Å². The number of carbonyl (C=O) groups excluding carboxylic acids is 1. The summed E-state index contributed by atoms with van der Waals surface area (Å²) in [5.41, 5.74) is 0.421. The van der Waals surface area contributed by atoms with Crippen LogP contribution in [0.1, 0.15) is 13.3 Å². The first-order valence-electron chi connectivity index (χ1n) is 7.64. The molecule has 0 aromatic heterocycles. The number of nitrogens with zero attached hydrogens (tertiary/aromatic N) is 3. The Morgan fingerprint density at radius 3 is 2.68 bits per heavy atom. The molecule has 1 rings (SSSR count). The molecule has 0 atom stereocenters. The summed E-state index contributed by atoms with van der Waals surface area (Å²) in [6, 6.07) is 0. The van der Waals surface area contributed by atoms with Gasteiger partial charge in [-0.1, -0.05) is 13.5 Å². The topological polar surface area (TPSA) is 72.0 Å². The highest BCUT2D eigenvalue weighted by atomic mass is 16.2. The lowest BCUT2D eigenvalue weighted by molar-refractivity contribution is -0.126. The normalized spacial score (nSPS) is 16.5. The number of aliphatic imine (C=N–C) groups is 1. The second kappa shape index (κ2) is 9.97. The lowest BCUT2D eigenvalue weighted by Crippen LogP contribution is -2.48. The summed E-state index contributed by atoms with van der Waals surface area (Å²) in [4.78, 5) is 20.4. The Labute approximate surface area is 133 Å². The van der Waals surface area contributed by atoms with Crippen LogP contribution in [0.4, 0.5) is 0 Å². The number of likely N-dealkylation sites (N-methyl/N-ethyl adjacent to an activating group) is 1. The van der Waals surface area contributed by atoms with Crippen LogP contribution in [0.2, 0.25) is 0 Å². The molecule has 0 aromatic rings. The number of piperazine rings is 1. The van der Waals surface area contributed by atoms with E-state index in [-0.39, 0.29) is 5.91 Å². The maximum atomic E-state index is 12.6. The molecule has 1 aliphatic heterocycles. The fraction of sp³-hybridized carbons (Fsp3) is 0.600. The summed E-state index contributed by atoms with van der Waals surface area (Å²) in [5, 5.41) is 9.38. The Morgan fingerprint density at radius 1 is 1.45 bits per heavy atom. The minimum Gasteiger partial charge on any atom is -0.365 e. The minimum atomic E-state index is -0.103. The van der Waals surface area contributed by atoms with Crippen molar-refractivity contribution in [3.05, 3.63) is 24.3 Å². The largest absolute Gasteiger partial charge is 0.365 e. The number of amides is 1. The molecule has 0 aliphatic carbocycles. The van der Waals surface area contributed by atoms with Crippen molar-refractivity contribution in [2.24, 2.45) is 4.99 Å². The predicted octanol–water partition coefficient (Wildman–Crippen LogP) is -0.0901. The fourth-order valence-electron chi connectivity index (χ4n) is 2.24. The molecule has 1 saturated heterocycles. The van der Waals surface area contributed by atoms with Crippen molar-refractivity contribution < 1.29 is 4.79 Å². The Kier molecular flexibility index (Phi) is 8.24. The summed E-state index contributed by atoms with van der Waals surface area (Å²) in [6.45, 7) is 14.3. The van der Waals surface area contributed by atoms with Gasteiger partial charge in [0.05, 0.1) is 6.67 Å². The van der Waals surface area contributed by atoms with E-state index in [1.54, 1.807) is 11.9 Å². The van der Waals surface area contributed by atoms with Crippen LogP contribution in [0.15, 0.2) is 29.3 Å². The van der Waals surface area contributed by atoms with Crippen LogP contribution in [-0.4, -0.2) is 68.9 Å². The molecule has 1 amide bonds. The maximum Gasteiger partial charge on any atom is 0.273 e. The standard InChI is InChI=1S/C15H28N6O/c1-5-9-20(4)15(22)13(14(16-3)18-6-2)19-12-21-10-7-17-8-11-21/h6,17-19H,2-3,5,7-12H2,1,4H3/b14-13+. The van der Waals surface area contributed by atoms with E-state index in [0.29, 0.717) is 24.7 Å². The number of hydrogen-bond donors (Lipinski definition) is 3. The first-order valence-corrected chi connectivity index (χ1v) is 7.64. The molecule has 0 saturated carbocycles. The molecule has 7 heteroatoms. The monoisotopic (exact) mass is 308 g/mol. The highest BCUT2D eigenvalue weighted by Crippen LogP contribution is 2.05. The third-order valence-electron chi connectivity index (χ3n) is 3.44. The molecule has 22 heavy (non-hydrogen) atoms. The van der Waals surface area contributed by atoms with Crippen molar-refractivity contribution in [1.29, 1.82) is 0 Å². The molecule has 0 radical (unpaired) electrons. The van der Waals surface area contributed by atoms with Gasteiger partial charge in [0.2, 0.25) is 0 Å². The summed E-state index contributed by atoms with van der Waals surface area (Å²) in [6.07, 6.45) is 2.39. The van der Waals surface area contributed by atoms with Crippen molar-refractivity contribution in [2.75, 3.05) is 46.4 Å². The van der Waals surface area contributed by atoms with Gasteiger partial charge in [0, 0.05) is 39.8 Å². The summed E-state index contributed by atoms with van der Waals surface area (Å²) < 4.78 is 0. The lowest BCUT2D eigenvalue weighted by Gasteiger charge is -2.29. The second-order valence-electron chi connectivity index (χ2n) is 5.16. The van der Waals surface area contributed by atoms with Crippen LogP contribution in [0.3, 0.4) is 0 Å². The summed E-state index contributed by atoms with van der Waals surface area (Å²) in [5.74, 6) is 0.298. The number of hydrogen-bond acceptors (Lipinski definition) is 6. The van der Waals surface area contributed by atoms with E-state index in [4.69, 9.17) is 0 Å². The first kappa shape index (κ1) is 18.2. The number of nitrogens with one attached hydrogen (secondary N) is 3. The Balaban J connectivity index is 2.82. The third-order valence-corrected chi connectivity index (χ3v) is 3.44. The SMILES string of the molecule is C=CN/C(N=C)=C(/NCN1CCNCC1)C(=O)N(C)CCC. The van der Waals surface area contributed by atoms with Crippen LogP contribution in [0, 0.1) is 0 Å². The van der Waals surface area contributed by atoms with Gasteiger partial charge in [0.1, 0.15) is 5.70 Å². The fourth-order valence-corrected chi connectivity index (χ4v) is 2.24. The van der Waals surface area contributed by atoms with E-state index < -0.39 is 0 Å².